The summed E-state index contributed by atoms with van der Waals surface area (Å²) in [6, 6.07) is 8.42. The molecular formula is C23H26N6O12P2-2. The molecule has 0 saturated carbocycles. The highest BCUT2D eigenvalue weighted by atomic mass is 31.3. The van der Waals surface area contributed by atoms with Crippen LogP contribution < -0.4 is 20.4 Å². The maximum atomic E-state index is 12.3. The Kier molecular flexibility index (Phi) is 9.22. The van der Waals surface area contributed by atoms with E-state index in [2.05, 4.69) is 29.9 Å². The predicted molar refractivity (Wildman–Crippen MR) is 140 cm³/mol. The van der Waals surface area contributed by atoms with Gasteiger partial charge in [-0.05, 0) is 6.92 Å². The lowest BCUT2D eigenvalue weighted by atomic mass is 10.1. The molecule has 0 radical (unpaired) electrons. The average molecular weight is 640 g/mol. The fraction of sp³-hybridized carbons (Fsp3) is 0.435. The van der Waals surface area contributed by atoms with Crippen molar-refractivity contribution < 1.29 is 56.7 Å². The van der Waals surface area contributed by atoms with Crippen molar-refractivity contribution in [3.8, 4) is 0 Å². The highest BCUT2D eigenvalue weighted by Crippen LogP contribution is 2.56. The van der Waals surface area contributed by atoms with E-state index >= 15 is 0 Å². The lowest BCUT2D eigenvalue weighted by Gasteiger charge is -2.32. The van der Waals surface area contributed by atoms with Crippen molar-refractivity contribution in [3.05, 3.63) is 48.5 Å². The first-order chi connectivity index (χ1) is 20.5. The number of fused-ring (bicyclic) bond motifs is 2. The van der Waals surface area contributed by atoms with E-state index in [-0.39, 0.29) is 17.0 Å². The number of carbonyl (C=O) groups excluding carboxylic acids is 1. The maximum Gasteiger partial charge on any atom is 0.320 e. The van der Waals surface area contributed by atoms with Crippen molar-refractivity contribution in [2.45, 2.75) is 44.2 Å². The van der Waals surface area contributed by atoms with E-state index in [9.17, 15) is 28.5 Å². The molecule has 3 aromatic rings. The smallest absolute Gasteiger partial charge is 0.320 e. The van der Waals surface area contributed by atoms with Gasteiger partial charge in [0.2, 0.25) is 0 Å². The Morgan fingerprint density at radius 1 is 1.09 bits per heavy atom. The van der Waals surface area contributed by atoms with Gasteiger partial charge in [-0.25, -0.2) is 19.7 Å². The van der Waals surface area contributed by atoms with E-state index in [1.165, 1.54) is 17.2 Å². The Bertz CT molecular complexity index is 1570. The van der Waals surface area contributed by atoms with E-state index < -0.39 is 77.4 Å². The van der Waals surface area contributed by atoms with Gasteiger partial charge in [0.05, 0.1) is 19.4 Å². The molecule has 7 atom stereocenters. The minimum atomic E-state index is -5.46. The Hall–Kier alpha value is -3.31. The molecule has 2 aliphatic heterocycles. The number of ether oxygens (including phenoxy) is 3. The SMILES string of the molecule is CCNC(=O)Nc1ncnc2c1ncn2[C@@H]1O[C@H](COP(=O)([O-])OP(=O)([O-])CCC(=O)O)C2O[C@@H](c3ccccc3)OC21. The molecule has 2 amide bonds. The van der Waals surface area contributed by atoms with Crippen LogP contribution in [0.25, 0.3) is 11.2 Å². The number of carboxylic acids is 1. The summed E-state index contributed by atoms with van der Waals surface area (Å²) in [5, 5.41) is 13.9. The number of rotatable bonds is 12. The maximum absolute atomic E-state index is 12.3. The number of phosphoric acid groups is 1. The van der Waals surface area contributed by atoms with Gasteiger partial charge in [0.1, 0.15) is 32.2 Å². The van der Waals surface area contributed by atoms with Gasteiger partial charge < -0.3 is 43.5 Å². The van der Waals surface area contributed by atoms with E-state index in [0.717, 1.165) is 0 Å². The third-order valence-electron chi connectivity index (χ3n) is 6.34. The number of carbonyl (C=O) groups is 2. The van der Waals surface area contributed by atoms with Crippen molar-refractivity contribution in [2.24, 2.45) is 0 Å². The Labute approximate surface area is 243 Å². The molecule has 2 aliphatic rings. The summed E-state index contributed by atoms with van der Waals surface area (Å²) in [5.74, 6) is -1.32. The first kappa shape index (κ1) is 31.1. The van der Waals surface area contributed by atoms with E-state index in [4.69, 9.17) is 23.8 Å². The standard InChI is InChI=1S/C23H28N6O12P2/c1-2-24-23(32)28-19-16-20(26-11-25-19)29(12-27-16)21-18-17(39-22(40-18)13-6-4-3-5-7-13)14(38-21)10-37-43(35,36)41-42(33,34)9-8-15(30)31/h3-7,11-12,14,17-18,21-22H,2,8-10H2,1H3,(H,30,31)(H,33,34)(H,35,36)(H2,24,25,26,28,32)/p-2/t14-,17?,18?,21-,22-/m1/s1. The zero-order valence-electron chi connectivity index (χ0n) is 22.4. The number of imidazole rings is 1. The number of hydrogen-bond donors (Lipinski definition) is 3. The Morgan fingerprint density at radius 2 is 1.84 bits per heavy atom. The average Bonchev–Trinajstić information content (AvgIpc) is 3.66. The molecule has 1 aromatic carbocycles. The molecule has 43 heavy (non-hydrogen) atoms. The van der Waals surface area contributed by atoms with Crippen molar-refractivity contribution in [1.82, 2.24) is 24.8 Å². The van der Waals surface area contributed by atoms with Crippen LogP contribution in [0.4, 0.5) is 10.6 Å². The summed E-state index contributed by atoms with van der Waals surface area (Å²) in [5.41, 5.74) is 1.16. The summed E-state index contributed by atoms with van der Waals surface area (Å²) < 4.78 is 53.1. The number of hydrogen-bond acceptors (Lipinski definition) is 14. The van der Waals surface area contributed by atoms with Crippen LogP contribution in [0.15, 0.2) is 43.0 Å². The fourth-order valence-corrected chi connectivity index (χ4v) is 7.04. The molecule has 4 unspecified atom stereocenters. The number of nitrogens with zero attached hydrogens (tertiary/aromatic N) is 4. The summed E-state index contributed by atoms with van der Waals surface area (Å²) in [6.45, 7) is 1.40. The van der Waals surface area contributed by atoms with Gasteiger partial charge in [-0.3, -0.25) is 23.6 Å². The Balaban J connectivity index is 1.38. The second-order valence-electron chi connectivity index (χ2n) is 9.34. The normalized spacial score (nSPS) is 26.0. The molecule has 5 rings (SSSR count). The molecule has 0 aliphatic carbocycles. The monoisotopic (exact) mass is 640 g/mol. The zero-order chi connectivity index (χ0) is 30.8. The van der Waals surface area contributed by atoms with Gasteiger partial charge in [0.15, 0.2) is 29.5 Å². The number of benzene rings is 1. The number of phosphoric ester groups is 1. The van der Waals surface area contributed by atoms with E-state index in [1.54, 1.807) is 31.2 Å². The highest BCUT2D eigenvalue weighted by Gasteiger charge is 2.54. The molecule has 18 nitrogen and oxygen atoms in total. The van der Waals surface area contributed by atoms with Crippen LogP contribution in [-0.4, -0.2) is 74.3 Å². The fourth-order valence-electron chi connectivity index (χ4n) is 4.52. The number of aliphatic carboxylic acids is 1. The number of nitrogens with one attached hydrogen (secondary N) is 2. The molecule has 2 aromatic heterocycles. The summed E-state index contributed by atoms with van der Waals surface area (Å²) in [6.07, 6.45) is -4.04. The molecule has 232 valence electrons. The molecular weight excluding hydrogens is 614 g/mol. The van der Waals surface area contributed by atoms with E-state index in [1.807, 2.05) is 6.07 Å². The molecule has 3 N–H and O–H groups in total. The summed E-state index contributed by atoms with van der Waals surface area (Å²) >= 11 is 0. The van der Waals surface area contributed by atoms with E-state index in [0.29, 0.717) is 12.1 Å². The number of aromatic nitrogens is 4. The lowest BCUT2D eigenvalue weighted by molar-refractivity contribution is -0.235. The summed E-state index contributed by atoms with van der Waals surface area (Å²) in [7, 11) is -10.6. The highest BCUT2D eigenvalue weighted by molar-refractivity contribution is 7.62. The van der Waals surface area contributed by atoms with Gasteiger partial charge in [0.25, 0.3) is 7.82 Å². The first-order valence-corrected chi connectivity index (χ1v) is 16.1. The van der Waals surface area contributed by atoms with Gasteiger partial charge in [0, 0.05) is 18.3 Å². The number of amides is 2. The summed E-state index contributed by atoms with van der Waals surface area (Å²) in [4.78, 5) is 59.7. The number of carboxylic acid groups (broad SMARTS) is 1. The lowest BCUT2D eigenvalue weighted by Crippen LogP contribution is -2.32. The van der Waals surface area contributed by atoms with Gasteiger partial charge in [-0.15, -0.1) is 0 Å². The molecule has 4 heterocycles. The molecule has 2 fully saturated rings. The van der Waals surface area contributed by atoms with Crippen molar-refractivity contribution >= 4 is 44.4 Å². The van der Waals surface area contributed by atoms with Crippen LogP contribution in [0.3, 0.4) is 0 Å². The van der Waals surface area contributed by atoms with Gasteiger partial charge in [-0.2, -0.15) is 0 Å². The van der Waals surface area contributed by atoms with Crippen LogP contribution in [0.5, 0.6) is 0 Å². The minimum Gasteiger partial charge on any atom is -0.778 e. The largest absolute Gasteiger partial charge is 0.778 e. The van der Waals surface area contributed by atoms with Gasteiger partial charge >= 0.3 is 12.0 Å². The molecule has 2 saturated heterocycles. The Morgan fingerprint density at radius 3 is 2.56 bits per heavy atom. The molecule has 0 spiro atoms. The second-order valence-corrected chi connectivity index (χ2v) is 12.8. The number of anilines is 1. The minimum absolute atomic E-state index is 0.129. The third kappa shape index (κ3) is 7.26. The van der Waals surface area contributed by atoms with Crippen LogP contribution in [0.1, 0.15) is 31.4 Å². The quantitative estimate of drug-likeness (QED) is 0.232. The van der Waals surface area contributed by atoms with Crippen LogP contribution >= 0.6 is 15.4 Å². The molecule has 0 bridgehead atoms. The second kappa shape index (κ2) is 12.7. The van der Waals surface area contributed by atoms with Crippen LogP contribution in [-0.2, 0) is 37.0 Å². The van der Waals surface area contributed by atoms with Gasteiger partial charge in [-0.1, -0.05) is 30.3 Å². The van der Waals surface area contributed by atoms with Crippen molar-refractivity contribution in [1.29, 1.82) is 0 Å². The molecule has 20 heteroatoms. The van der Waals surface area contributed by atoms with Crippen molar-refractivity contribution in [2.75, 3.05) is 24.6 Å². The predicted octanol–water partition coefficient (Wildman–Crippen LogP) is 0.878. The van der Waals surface area contributed by atoms with Crippen LogP contribution in [0, 0.1) is 0 Å². The topological polar surface area (TPSA) is 248 Å². The van der Waals surface area contributed by atoms with Crippen LogP contribution in [0.2, 0.25) is 0 Å². The first-order valence-electron chi connectivity index (χ1n) is 12.9. The third-order valence-corrected chi connectivity index (χ3v) is 9.37. The zero-order valence-corrected chi connectivity index (χ0v) is 24.2. The number of urea groups is 1. The van der Waals surface area contributed by atoms with Crippen molar-refractivity contribution in [3.63, 3.8) is 0 Å².